The number of aryl methyl sites for hydroxylation is 4. The van der Waals surface area contributed by atoms with Gasteiger partial charge in [-0.2, -0.15) is 0 Å². The molecule has 0 spiro atoms. The minimum absolute atomic E-state index is 0.0440. The molecule has 1 atom stereocenters. The lowest BCUT2D eigenvalue weighted by Crippen LogP contribution is -2.24. The summed E-state index contributed by atoms with van der Waals surface area (Å²) in [6, 6.07) is 26.0. The van der Waals surface area contributed by atoms with Gasteiger partial charge in [0.2, 0.25) is 0 Å². The molecule has 288 valence electrons. The molecule has 1 saturated heterocycles. The van der Waals surface area contributed by atoms with E-state index in [0.29, 0.717) is 40.4 Å². The first-order valence-corrected chi connectivity index (χ1v) is 18.4. The molecule has 12 nitrogen and oxygen atoms in total. The number of hydrogen-bond donors (Lipinski definition) is 3. The fourth-order valence-electron chi connectivity index (χ4n) is 5.87. The van der Waals surface area contributed by atoms with Gasteiger partial charge in [0, 0.05) is 78.3 Å². The van der Waals surface area contributed by atoms with E-state index in [9.17, 15) is 24.3 Å². The predicted octanol–water partition coefficient (Wildman–Crippen LogP) is 6.92. The molecule has 57 heavy (non-hydrogen) atoms. The number of amides is 3. The van der Waals surface area contributed by atoms with Crippen LogP contribution in [-0.4, -0.2) is 66.2 Å². The van der Waals surface area contributed by atoms with Crippen LogP contribution in [0.5, 0.6) is 0 Å². The van der Waals surface area contributed by atoms with E-state index in [0.717, 1.165) is 45.5 Å². The Bertz CT molecular complexity index is 2410. The van der Waals surface area contributed by atoms with Crippen molar-refractivity contribution in [2.75, 3.05) is 6.54 Å². The molecule has 1 aliphatic rings. The molecule has 4 aromatic carbocycles. The number of hydrogen-bond acceptors (Lipinski definition) is 8. The Labute approximate surface area is 331 Å². The highest BCUT2D eigenvalue weighted by atomic mass is 16.4. The molecule has 3 amide bonds. The number of carboxylic acid groups (broad SMARTS) is 1. The molecule has 1 aliphatic heterocycles. The molecule has 1 fully saturated rings. The minimum atomic E-state index is -1.08. The van der Waals surface area contributed by atoms with Gasteiger partial charge in [-0.1, -0.05) is 59.7 Å². The van der Waals surface area contributed by atoms with Crippen LogP contribution in [0.2, 0.25) is 0 Å². The van der Waals surface area contributed by atoms with Crippen LogP contribution < -0.4 is 10.6 Å². The molecule has 0 aliphatic carbocycles. The Morgan fingerprint density at radius 3 is 1.33 bits per heavy atom. The summed E-state index contributed by atoms with van der Waals surface area (Å²) in [6.07, 6.45) is 6.69. The number of nitrogens with one attached hydrogen (secondary N) is 2. The Kier molecular flexibility index (Phi) is 12.2. The lowest BCUT2D eigenvalue weighted by Gasteiger charge is -2.11. The number of rotatable bonds is 10. The van der Waals surface area contributed by atoms with E-state index in [4.69, 9.17) is 0 Å². The number of nitrogens with zero attached hydrogens (tertiary/aromatic N) is 5. The topological polar surface area (TPSA) is 167 Å². The first-order valence-electron chi connectivity index (χ1n) is 18.4. The monoisotopic (exact) mass is 761 g/mol. The second-order valence-corrected chi connectivity index (χ2v) is 14.1. The molecule has 2 aromatic heterocycles. The van der Waals surface area contributed by atoms with E-state index < -0.39 is 5.97 Å². The summed E-state index contributed by atoms with van der Waals surface area (Å²) >= 11 is 0. The van der Waals surface area contributed by atoms with Crippen molar-refractivity contribution in [1.29, 1.82) is 0 Å². The molecular weight excluding hydrogens is 719 g/mol. The maximum absolute atomic E-state index is 12.9. The highest BCUT2D eigenvalue weighted by Crippen LogP contribution is 2.27. The summed E-state index contributed by atoms with van der Waals surface area (Å²) in [4.78, 5) is 68.0. The van der Waals surface area contributed by atoms with Crippen molar-refractivity contribution in [2.45, 2.75) is 53.8 Å². The number of carboxylic acids is 1. The fourth-order valence-corrected chi connectivity index (χ4v) is 5.87. The molecule has 0 bridgehead atoms. The maximum Gasteiger partial charge on any atom is 0.335 e. The van der Waals surface area contributed by atoms with Crippen LogP contribution in [0.1, 0.15) is 82.3 Å². The van der Waals surface area contributed by atoms with Crippen LogP contribution >= 0.6 is 0 Å². The average Bonchev–Trinajstić information content (AvgIpc) is 3.96. The van der Waals surface area contributed by atoms with Crippen LogP contribution in [-0.2, 0) is 13.1 Å². The highest BCUT2D eigenvalue weighted by Gasteiger charge is 2.35. The normalized spacial score (nSPS) is 12.9. The largest absolute Gasteiger partial charge is 0.478 e. The van der Waals surface area contributed by atoms with E-state index in [1.165, 1.54) is 6.07 Å². The zero-order valence-corrected chi connectivity index (χ0v) is 32.4. The second-order valence-electron chi connectivity index (χ2n) is 14.1. The zero-order valence-electron chi connectivity index (χ0n) is 32.4. The molecule has 7 rings (SSSR count). The standard InChI is InChI=1S/C24H24N4O2.C21H19N3O3/c1-15-4-6-19(7-5-15)20-8-21(10-22(9-20)24(30)28-14-16(28)2)23(29)27-13-18-11-25-17(3)26-12-18;1-13-3-5-16(6-4-13)17-7-18(9-19(8-17)21(26)27)20(25)24-12-15-10-22-14(2)23-11-15/h4-12,16H,13-14H2,1-3H3,(H,27,29);3-11H,12H2,1-2H3,(H,24,25)(H,26,27). The van der Waals surface area contributed by atoms with Gasteiger partial charge in [-0.25, -0.2) is 24.7 Å². The fraction of sp³-hybridized carbons (Fsp3) is 0.200. The van der Waals surface area contributed by atoms with Crippen LogP contribution in [0.25, 0.3) is 22.3 Å². The van der Waals surface area contributed by atoms with Gasteiger partial charge in [0.15, 0.2) is 0 Å². The van der Waals surface area contributed by atoms with Crippen molar-refractivity contribution in [3.63, 3.8) is 0 Å². The van der Waals surface area contributed by atoms with Crippen molar-refractivity contribution in [3.05, 3.63) is 166 Å². The number of benzene rings is 4. The molecule has 6 aromatic rings. The Hall–Kier alpha value is -7.08. The van der Waals surface area contributed by atoms with Gasteiger partial charge >= 0.3 is 5.97 Å². The van der Waals surface area contributed by atoms with Crippen molar-refractivity contribution in [2.24, 2.45) is 0 Å². The SMILES string of the molecule is Cc1ccc(-c2cc(C(=O)NCc3cnc(C)nc3)cc(C(=O)N3CC3C)c2)cc1.Cc1ccc(-c2cc(C(=O)O)cc(C(=O)NCc3cnc(C)nc3)c2)cc1. The van der Waals surface area contributed by atoms with Crippen LogP contribution in [0.15, 0.2) is 110 Å². The Morgan fingerprint density at radius 1 is 0.579 bits per heavy atom. The average molecular weight is 762 g/mol. The van der Waals surface area contributed by atoms with Crippen molar-refractivity contribution >= 4 is 23.7 Å². The second kappa shape index (κ2) is 17.6. The summed E-state index contributed by atoms with van der Waals surface area (Å²) in [5.74, 6) is -0.378. The van der Waals surface area contributed by atoms with Crippen molar-refractivity contribution < 1.29 is 24.3 Å². The van der Waals surface area contributed by atoms with Crippen molar-refractivity contribution in [1.82, 2.24) is 35.5 Å². The van der Waals surface area contributed by atoms with E-state index in [1.807, 2.05) is 88.4 Å². The lowest BCUT2D eigenvalue weighted by molar-refractivity contribution is 0.0696. The summed E-state index contributed by atoms with van der Waals surface area (Å²) in [7, 11) is 0. The molecule has 12 heteroatoms. The van der Waals surface area contributed by atoms with E-state index >= 15 is 0 Å². The van der Waals surface area contributed by atoms with Crippen molar-refractivity contribution in [3.8, 4) is 22.3 Å². The smallest absolute Gasteiger partial charge is 0.335 e. The van der Waals surface area contributed by atoms with Gasteiger partial charge in [-0.15, -0.1) is 0 Å². The van der Waals surface area contributed by atoms with Crippen LogP contribution in [0, 0.1) is 27.7 Å². The summed E-state index contributed by atoms with van der Waals surface area (Å²) in [5, 5.41) is 15.1. The van der Waals surface area contributed by atoms with Gasteiger partial charge in [0.05, 0.1) is 5.56 Å². The number of carbonyl (C=O) groups is 4. The van der Waals surface area contributed by atoms with Gasteiger partial charge in [0.25, 0.3) is 17.7 Å². The van der Waals surface area contributed by atoms with E-state index in [-0.39, 0.29) is 35.9 Å². The quantitative estimate of drug-likeness (QED) is 0.126. The number of carbonyl (C=O) groups excluding carboxylic acids is 3. The first kappa shape index (κ1) is 39.6. The third-order valence-corrected chi connectivity index (χ3v) is 9.35. The minimum Gasteiger partial charge on any atom is -0.478 e. The molecule has 1 unspecified atom stereocenters. The molecular formula is C45H43N7O5. The molecule has 0 saturated carbocycles. The Morgan fingerprint density at radius 2 is 0.947 bits per heavy atom. The molecule has 3 N–H and O–H groups in total. The zero-order chi connectivity index (χ0) is 40.6. The van der Waals surface area contributed by atoms with Gasteiger partial charge in [-0.3, -0.25) is 14.4 Å². The summed E-state index contributed by atoms with van der Waals surface area (Å²) < 4.78 is 0. The van der Waals surface area contributed by atoms with Gasteiger partial charge in [-0.05, 0) is 93.3 Å². The predicted molar refractivity (Wildman–Crippen MR) is 217 cm³/mol. The molecule has 0 radical (unpaired) electrons. The van der Waals surface area contributed by atoms with Gasteiger partial charge in [0.1, 0.15) is 11.6 Å². The number of aromatic carboxylic acids is 1. The lowest BCUT2D eigenvalue weighted by atomic mass is 9.98. The van der Waals surface area contributed by atoms with E-state index in [1.54, 1.807) is 54.8 Å². The third kappa shape index (κ3) is 10.6. The van der Waals surface area contributed by atoms with Gasteiger partial charge < -0.3 is 20.6 Å². The first-order chi connectivity index (χ1) is 27.3. The maximum atomic E-state index is 12.9. The van der Waals surface area contributed by atoms with E-state index in [2.05, 4.69) is 30.6 Å². The van der Waals surface area contributed by atoms with Crippen LogP contribution in [0.4, 0.5) is 0 Å². The van der Waals surface area contributed by atoms with Crippen LogP contribution in [0.3, 0.4) is 0 Å². The number of aromatic nitrogens is 4. The Balaban J connectivity index is 0.000000194. The molecule has 3 heterocycles. The highest BCUT2D eigenvalue weighted by molar-refractivity contribution is 6.02. The summed E-state index contributed by atoms with van der Waals surface area (Å²) in [5.41, 5.74) is 8.53. The third-order valence-electron chi connectivity index (χ3n) is 9.35. The summed E-state index contributed by atoms with van der Waals surface area (Å²) in [6.45, 7) is 10.9.